The highest BCUT2D eigenvalue weighted by molar-refractivity contribution is 5.82. The lowest BCUT2D eigenvalue weighted by Gasteiger charge is -2.37. The number of carbonyl (C=O) groups excluding carboxylic acids is 1. The summed E-state index contributed by atoms with van der Waals surface area (Å²) in [7, 11) is 0. The number of esters is 1. The standard InChI is InChI=1S/C34H31NO3/c1-26(36)37-24-22-27(31-21-23-35-33-20-12-11-19-32(31)33)25-38-34(28-13-5-2-6-14-28,29-15-7-3-8-16-29)30-17-9-4-10-18-30/h2-21,23,27H,22,24-25H2,1H3/t27-/m1/s1. The summed E-state index contributed by atoms with van der Waals surface area (Å²) in [6.07, 6.45) is 2.47. The first-order chi connectivity index (χ1) is 18.7. The molecular weight excluding hydrogens is 470 g/mol. The van der Waals surface area contributed by atoms with Crippen LogP contribution in [-0.4, -0.2) is 24.2 Å². The van der Waals surface area contributed by atoms with Crippen molar-refractivity contribution in [3.63, 3.8) is 0 Å². The maximum absolute atomic E-state index is 11.6. The van der Waals surface area contributed by atoms with Crippen LogP contribution in [0.25, 0.3) is 10.9 Å². The van der Waals surface area contributed by atoms with E-state index in [4.69, 9.17) is 9.47 Å². The van der Waals surface area contributed by atoms with E-state index in [-0.39, 0.29) is 11.9 Å². The Morgan fingerprint density at radius 3 is 1.82 bits per heavy atom. The number of hydrogen-bond donors (Lipinski definition) is 0. The first-order valence-corrected chi connectivity index (χ1v) is 13.0. The van der Waals surface area contributed by atoms with Crippen LogP contribution in [0.1, 0.15) is 41.5 Å². The van der Waals surface area contributed by atoms with Gasteiger partial charge in [-0.3, -0.25) is 9.78 Å². The Hall–Kier alpha value is -4.28. The molecule has 0 unspecified atom stereocenters. The van der Waals surface area contributed by atoms with Crippen LogP contribution < -0.4 is 0 Å². The van der Waals surface area contributed by atoms with Crippen LogP contribution in [0.4, 0.5) is 0 Å². The number of para-hydroxylation sites is 1. The highest BCUT2D eigenvalue weighted by Crippen LogP contribution is 2.42. The fraction of sp³-hybridized carbons (Fsp3) is 0.176. The van der Waals surface area contributed by atoms with Gasteiger partial charge in [-0.1, -0.05) is 109 Å². The van der Waals surface area contributed by atoms with Gasteiger partial charge in [-0.15, -0.1) is 0 Å². The van der Waals surface area contributed by atoms with Gasteiger partial charge in [0.15, 0.2) is 0 Å². The number of aromatic nitrogens is 1. The lowest BCUT2D eigenvalue weighted by Crippen LogP contribution is -2.34. The smallest absolute Gasteiger partial charge is 0.302 e. The van der Waals surface area contributed by atoms with Crippen LogP contribution in [0.5, 0.6) is 0 Å². The van der Waals surface area contributed by atoms with Crippen LogP contribution >= 0.6 is 0 Å². The Morgan fingerprint density at radius 2 is 1.26 bits per heavy atom. The third-order valence-corrected chi connectivity index (χ3v) is 6.94. The SMILES string of the molecule is CC(=O)OCC[C@H](COC(c1ccccc1)(c1ccccc1)c1ccccc1)c1ccnc2ccccc12. The molecule has 0 fully saturated rings. The Kier molecular flexibility index (Phi) is 7.91. The van der Waals surface area contributed by atoms with Crippen molar-refractivity contribution in [1.29, 1.82) is 0 Å². The summed E-state index contributed by atoms with van der Waals surface area (Å²) < 4.78 is 12.5. The van der Waals surface area contributed by atoms with Crippen LogP contribution in [0.3, 0.4) is 0 Å². The fourth-order valence-electron chi connectivity index (χ4n) is 5.14. The molecule has 4 heteroatoms. The van der Waals surface area contributed by atoms with Crippen molar-refractivity contribution in [3.05, 3.63) is 150 Å². The number of ether oxygens (including phenoxy) is 2. The normalized spacial score (nSPS) is 12.2. The Labute approximate surface area is 223 Å². The third kappa shape index (κ3) is 5.36. The molecule has 0 amide bonds. The van der Waals surface area contributed by atoms with Gasteiger partial charge in [0.25, 0.3) is 0 Å². The van der Waals surface area contributed by atoms with Crippen LogP contribution in [0.2, 0.25) is 0 Å². The van der Waals surface area contributed by atoms with Gasteiger partial charge in [0.05, 0.1) is 18.7 Å². The molecule has 0 aliphatic heterocycles. The summed E-state index contributed by atoms with van der Waals surface area (Å²) in [6, 6.07) is 41.3. The van der Waals surface area contributed by atoms with E-state index in [0.717, 1.165) is 33.2 Å². The number of carbonyl (C=O) groups is 1. The predicted octanol–water partition coefficient (Wildman–Crippen LogP) is 7.28. The van der Waals surface area contributed by atoms with E-state index in [1.807, 2.05) is 79.0 Å². The van der Waals surface area contributed by atoms with E-state index in [2.05, 4.69) is 53.5 Å². The van der Waals surface area contributed by atoms with Crippen molar-refractivity contribution in [2.24, 2.45) is 0 Å². The highest BCUT2D eigenvalue weighted by atomic mass is 16.5. The van der Waals surface area contributed by atoms with Crippen LogP contribution in [0.15, 0.2) is 128 Å². The van der Waals surface area contributed by atoms with Gasteiger partial charge in [-0.25, -0.2) is 0 Å². The second-order valence-electron chi connectivity index (χ2n) is 9.33. The van der Waals surface area contributed by atoms with Crippen LogP contribution in [0, 0.1) is 0 Å². The van der Waals surface area contributed by atoms with Crippen molar-refractivity contribution in [3.8, 4) is 0 Å². The average molecular weight is 502 g/mol. The molecule has 0 radical (unpaired) electrons. The summed E-state index contributed by atoms with van der Waals surface area (Å²) in [5.41, 5.74) is 4.39. The molecule has 0 N–H and O–H groups in total. The average Bonchev–Trinajstić information content (AvgIpc) is 2.98. The molecule has 0 bridgehead atoms. The zero-order valence-corrected chi connectivity index (χ0v) is 21.5. The first kappa shape index (κ1) is 25.4. The first-order valence-electron chi connectivity index (χ1n) is 13.0. The second kappa shape index (κ2) is 11.8. The number of benzene rings is 4. The maximum atomic E-state index is 11.6. The van der Waals surface area contributed by atoms with E-state index in [0.29, 0.717) is 19.6 Å². The summed E-state index contributed by atoms with van der Waals surface area (Å²) in [5.74, 6) is -0.311. The Balaban J connectivity index is 1.61. The van der Waals surface area contributed by atoms with Gasteiger partial charge >= 0.3 is 5.97 Å². The lowest BCUT2D eigenvalue weighted by molar-refractivity contribution is -0.141. The highest BCUT2D eigenvalue weighted by Gasteiger charge is 2.38. The molecule has 1 heterocycles. The Bertz CT molecular complexity index is 1370. The van der Waals surface area contributed by atoms with Crippen LogP contribution in [-0.2, 0) is 19.9 Å². The molecule has 4 nitrogen and oxygen atoms in total. The molecule has 0 aliphatic carbocycles. The molecule has 1 atom stereocenters. The minimum atomic E-state index is -0.827. The van der Waals surface area contributed by atoms with Gasteiger partial charge in [0.1, 0.15) is 5.60 Å². The van der Waals surface area contributed by atoms with Gasteiger partial charge in [-0.2, -0.15) is 0 Å². The molecule has 0 saturated heterocycles. The van der Waals surface area contributed by atoms with E-state index >= 15 is 0 Å². The number of nitrogens with zero attached hydrogens (tertiary/aromatic N) is 1. The van der Waals surface area contributed by atoms with Crippen molar-refractivity contribution >= 4 is 16.9 Å². The lowest BCUT2D eigenvalue weighted by atomic mass is 9.80. The molecule has 190 valence electrons. The molecule has 4 aromatic carbocycles. The molecular formula is C34H31NO3. The van der Waals surface area contributed by atoms with E-state index in [9.17, 15) is 4.79 Å². The Morgan fingerprint density at radius 1 is 0.737 bits per heavy atom. The second-order valence-corrected chi connectivity index (χ2v) is 9.33. The van der Waals surface area contributed by atoms with E-state index < -0.39 is 5.60 Å². The summed E-state index contributed by atoms with van der Waals surface area (Å²) in [6.45, 7) is 2.17. The summed E-state index contributed by atoms with van der Waals surface area (Å²) in [5, 5.41) is 1.08. The number of rotatable bonds is 10. The monoisotopic (exact) mass is 501 g/mol. The minimum Gasteiger partial charge on any atom is -0.466 e. The van der Waals surface area contributed by atoms with Crippen molar-refractivity contribution in [2.75, 3.05) is 13.2 Å². The fourth-order valence-corrected chi connectivity index (χ4v) is 5.14. The minimum absolute atomic E-state index is 0.0299. The molecule has 0 saturated carbocycles. The molecule has 0 spiro atoms. The summed E-state index contributed by atoms with van der Waals surface area (Å²) >= 11 is 0. The summed E-state index contributed by atoms with van der Waals surface area (Å²) in [4.78, 5) is 16.1. The third-order valence-electron chi connectivity index (χ3n) is 6.94. The van der Waals surface area contributed by atoms with Gasteiger partial charge in [0.2, 0.25) is 0 Å². The zero-order valence-electron chi connectivity index (χ0n) is 21.5. The van der Waals surface area contributed by atoms with Crippen molar-refractivity contribution in [1.82, 2.24) is 4.98 Å². The number of hydrogen-bond acceptors (Lipinski definition) is 4. The quantitative estimate of drug-likeness (QED) is 0.149. The van der Waals surface area contributed by atoms with Crippen molar-refractivity contribution in [2.45, 2.75) is 24.9 Å². The maximum Gasteiger partial charge on any atom is 0.302 e. The molecule has 38 heavy (non-hydrogen) atoms. The van der Waals surface area contributed by atoms with E-state index in [1.165, 1.54) is 6.92 Å². The molecule has 0 aliphatic rings. The van der Waals surface area contributed by atoms with Crippen molar-refractivity contribution < 1.29 is 14.3 Å². The van der Waals surface area contributed by atoms with Gasteiger partial charge in [0, 0.05) is 24.4 Å². The molecule has 5 rings (SSSR count). The molecule has 5 aromatic rings. The predicted molar refractivity (Wildman–Crippen MR) is 151 cm³/mol. The van der Waals surface area contributed by atoms with E-state index in [1.54, 1.807) is 0 Å². The molecule has 1 aromatic heterocycles. The zero-order chi connectivity index (χ0) is 26.2. The van der Waals surface area contributed by atoms with Gasteiger partial charge in [-0.05, 0) is 40.8 Å². The van der Waals surface area contributed by atoms with Gasteiger partial charge < -0.3 is 9.47 Å². The number of fused-ring (bicyclic) bond motifs is 1. The topological polar surface area (TPSA) is 48.4 Å². The number of pyridine rings is 1. The largest absolute Gasteiger partial charge is 0.466 e.